The summed E-state index contributed by atoms with van der Waals surface area (Å²) in [5.41, 5.74) is 2.95. The number of piperidine rings is 1. The Morgan fingerprint density at radius 3 is 2.84 bits per heavy atom. The summed E-state index contributed by atoms with van der Waals surface area (Å²) in [6, 6.07) is 5.08. The number of Topliss-reactive ketones (excluding diaryl/α,β-unsaturated/α-hetero) is 1. The summed E-state index contributed by atoms with van der Waals surface area (Å²) in [4.78, 5) is 43.7. The van der Waals surface area contributed by atoms with Crippen LogP contribution < -0.4 is 10.9 Å². The summed E-state index contributed by atoms with van der Waals surface area (Å²) in [6.45, 7) is 7.46. The standard InChI is InChI=1S/C24H24ClN3O3S/c1-13-4-6-16(11-19(13)25)10-17(29)7-9-21-22-18(12-32-21)24(31)28(15(3)27-22)20-8-5-14(2)26-23(20)30/h4,6,11-12,20H,2,5,7-10H2,1,3H3,(H,26,30). The molecule has 1 aromatic carbocycles. The Bertz CT molecular complexity index is 1310. The van der Waals surface area contributed by atoms with E-state index in [1.54, 1.807) is 12.3 Å². The van der Waals surface area contributed by atoms with Crippen LogP contribution in [0.4, 0.5) is 0 Å². The number of rotatable bonds is 6. The monoisotopic (exact) mass is 469 g/mol. The molecule has 1 atom stereocenters. The van der Waals surface area contributed by atoms with Crippen LogP contribution in [-0.2, 0) is 22.4 Å². The number of amides is 1. The summed E-state index contributed by atoms with van der Waals surface area (Å²) in [5, 5.41) is 5.66. The SMILES string of the molecule is C=C1CCC(n2c(C)nc3c(CCC(=O)Cc4ccc(C)c(Cl)c4)scc3c2=O)C(=O)N1. The van der Waals surface area contributed by atoms with Crippen LogP contribution in [0.15, 0.2) is 40.6 Å². The van der Waals surface area contributed by atoms with E-state index in [2.05, 4.69) is 16.9 Å². The molecule has 8 heteroatoms. The number of allylic oxidation sites excluding steroid dienone is 1. The maximum Gasteiger partial charge on any atom is 0.262 e. The van der Waals surface area contributed by atoms with Gasteiger partial charge in [-0.1, -0.05) is 30.3 Å². The molecule has 1 aliphatic heterocycles. The zero-order valence-electron chi connectivity index (χ0n) is 18.0. The lowest BCUT2D eigenvalue weighted by Gasteiger charge is -2.26. The highest BCUT2D eigenvalue weighted by Gasteiger charge is 2.29. The van der Waals surface area contributed by atoms with Crippen molar-refractivity contribution in [1.29, 1.82) is 0 Å². The normalized spacial score (nSPS) is 16.4. The van der Waals surface area contributed by atoms with Crippen LogP contribution in [0, 0.1) is 13.8 Å². The number of thiophene rings is 1. The van der Waals surface area contributed by atoms with Gasteiger partial charge in [-0.3, -0.25) is 19.0 Å². The fourth-order valence-electron chi connectivity index (χ4n) is 4.03. The molecule has 1 fully saturated rings. The number of hydrogen-bond acceptors (Lipinski definition) is 5. The van der Waals surface area contributed by atoms with Crippen LogP contribution in [0.3, 0.4) is 0 Å². The molecule has 1 amide bonds. The number of aryl methyl sites for hydroxylation is 3. The molecule has 0 saturated carbocycles. The van der Waals surface area contributed by atoms with Gasteiger partial charge in [0, 0.05) is 33.8 Å². The molecule has 0 radical (unpaired) electrons. The van der Waals surface area contributed by atoms with Crippen molar-refractivity contribution in [3.05, 3.63) is 73.1 Å². The fourth-order valence-corrected chi connectivity index (χ4v) is 5.19. The zero-order chi connectivity index (χ0) is 23.0. The van der Waals surface area contributed by atoms with Gasteiger partial charge >= 0.3 is 0 Å². The molecule has 1 unspecified atom stereocenters. The van der Waals surface area contributed by atoms with Gasteiger partial charge in [-0.05, 0) is 50.3 Å². The van der Waals surface area contributed by atoms with Gasteiger partial charge < -0.3 is 5.32 Å². The van der Waals surface area contributed by atoms with E-state index in [0.29, 0.717) is 59.6 Å². The van der Waals surface area contributed by atoms with E-state index in [0.717, 1.165) is 16.0 Å². The first-order valence-electron chi connectivity index (χ1n) is 10.5. The van der Waals surface area contributed by atoms with Crippen molar-refractivity contribution in [3.63, 3.8) is 0 Å². The number of halogens is 1. The topological polar surface area (TPSA) is 81.1 Å². The van der Waals surface area contributed by atoms with Gasteiger partial charge in [-0.15, -0.1) is 11.3 Å². The molecule has 0 spiro atoms. The second-order valence-electron chi connectivity index (χ2n) is 8.20. The molecular weight excluding hydrogens is 446 g/mol. The quantitative estimate of drug-likeness (QED) is 0.578. The molecule has 6 nitrogen and oxygen atoms in total. The zero-order valence-corrected chi connectivity index (χ0v) is 19.6. The predicted octanol–water partition coefficient (Wildman–Crippen LogP) is 4.44. The van der Waals surface area contributed by atoms with Gasteiger partial charge in [0.1, 0.15) is 17.6 Å². The van der Waals surface area contributed by atoms with Crippen molar-refractivity contribution in [2.24, 2.45) is 0 Å². The Labute approximate surface area is 194 Å². The Hall–Kier alpha value is -2.77. The van der Waals surface area contributed by atoms with E-state index in [-0.39, 0.29) is 17.2 Å². The van der Waals surface area contributed by atoms with Crippen LogP contribution >= 0.6 is 22.9 Å². The maximum absolute atomic E-state index is 13.2. The van der Waals surface area contributed by atoms with Crippen molar-refractivity contribution in [2.45, 2.75) is 52.0 Å². The van der Waals surface area contributed by atoms with Crippen LogP contribution in [0.2, 0.25) is 5.02 Å². The first-order valence-corrected chi connectivity index (χ1v) is 11.7. The number of aromatic nitrogens is 2. The average Bonchev–Trinajstić information content (AvgIpc) is 3.13. The number of nitrogens with zero attached hydrogens (tertiary/aromatic N) is 2. The third kappa shape index (κ3) is 4.40. The lowest BCUT2D eigenvalue weighted by molar-refractivity contribution is -0.125. The van der Waals surface area contributed by atoms with E-state index >= 15 is 0 Å². The van der Waals surface area contributed by atoms with Crippen LogP contribution in [0.1, 0.15) is 47.1 Å². The molecule has 1 saturated heterocycles. The van der Waals surface area contributed by atoms with Gasteiger partial charge in [0.15, 0.2) is 0 Å². The fraction of sp³-hybridized carbons (Fsp3) is 0.333. The molecule has 0 bridgehead atoms. The minimum absolute atomic E-state index is 0.107. The Kier molecular flexibility index (Phi) is 6.31. The largest absolute Gasteiger partial charge is 0.329 e. The van der Waals surface area contributed by atoms with E-state index in [1.165, 1.54) is 15.9 Å². The molecule has 4 rings (SSSR count). The molecule has 1 aliphatic rings. The van der Waals surface area contributed by atoms with Gasteiger partial charge in [-0.25, -0.2) is 4.98 Å². The van der Waals surface area contributed by atoms with Crippen molar-refractivity contribution in [2.75, 3.05) is 0 Å². The van der Waals surface area contributed by atoms with Gasteiger partial charge in [-0.2, -0.15) is 0 Å². The van der Waals surface area contributed by atoms with Crippen molar-refractivity contribution in [1.82, 2.24) is 14.9 Å². The summed E-state index contributed by atoms with van der Waals surface area (Å²) in [5.74, 6) is 0.371. The number of hydrogen-bond donors (Lipinski definition) is 1. The lowest BCUT2D eigenvalue weighted by atomic mass is 10.0. The average molecular weight is 470 g/mol. The minimum atomic E-state index is -0.587. The molecule has 3 heterocycles. The second-order valence-corrected chi connectivity index (χ2v) is 9.57. The first kappa shape index (κ1) is 22.4. The van der Waals surface area contributed by atoms with Crippen molar-refractivity contribution < 1.29 is 9.59 Å². The van der Waals surface area contributed by atoms with E-state index < -0.39 is 6.04 Å². The van der Waals surface area contributed by atoms with Gasteiger partial charge in [0.05, 0.1) is 10.9 Å². The highest BCUT2D eigenvalue weighted by atomic mass is 35.5. The second kappa shape index (κ2) is 9.00. The number of carbonyl (C=O) groups excluding carboxylic acids is 2. The van der Waals surface area contributed by atoms with Crippen LogP contribution in [-0.4, -0.2) is 21.2 Å². The van der Waals surface area contributed by atoms with E-state index in [4.69, 9.17) is 11.6 Å². The highest BCUT2D eigenvalue weighted by molar-refractivity contribution is 7.11. The first-order chi connectivity index (χ1) is 15.2. The Morgan fingerprint density at radius 2 is 2.12 bits per heavy atom. The van der Waals surface area contributed by atoms with Crippen LogP contribution in [0.5, 0.6) is 0 Å². The summed E-state index contributed by atoms with van der Waals surface area (Å²) in [6.07, 6.45) is 2.35. The Morgan fingerprint density at radius 1 is 1.34 bits per heavy atom. The summed E-state index contributed by atoms with van der Waals surface area (Å²) >= 11 is 7.59. The van der Waals surface area contributed by atoms with Crippen molar-refractivity contribution in [3.8, 4) is 0 Å². The third-order valence-corrected chi connectivity index (χ3v) is 7.25. The smallest absolute Gasteiger partial charge is 0.262 e. The lowest BCUT2D eigenvalue weighted by Crippen LogP contribution is -2.41. The predicted molar refractivity (Wildman–Crippen MR) is 127 cm³/mol. The van der Waals surface area contributed by atoms with Crippen LogP contribution in [0.25, 0.3) is 10.9 Å². The van der Waals surface area contributed by atoms with E-state index in [1.807, 2.05) is 25.1 Å². The molecule has 3 aromatic rings. The van der Waals surface area contributed by atoms with E-state index in [9.17, 15) is 14.4 Å². The molecular formula is C24H24ClN3O3S. The molecule has 2 aromatic heterocycles. The van der Waals surface area contributed by atoms with Gasteiger partial charge in [0.25, 0.3) is 5.56 Å². The third-order valence-electron chi connectivity index (χ3n) is 5.81. The molecule has 1 N–H and O–H groups in total. The number of fused-ring (bicyclic) bond motifs is 1. The molecule has 0 aliphatic carbocycles. The summed E-state index contributed by atoms with van der Waals surface area (Å²) < 4.78 is 1.48. The molecule has 166 valence electrons. The number of carbonyl (C=O) groups is 2. The number of ketones is 1. The minimum Gasteiger partial charge on any atom is -0.329 e. The maximum atomic E-state index is 13.2. The highest BCUT2D eigenvalue weighted by Crippen LogP contribution is 2.27. The van der Waals surface area contributed by atoms with Gasteiger partial charge in [0.2, 0.25) is 5.91 Å². The molecule has 32 heavy (non-hydrogen) atoms. The summed E-state index contributed by atoms with van der Waals surface area (Å²) in [7, 11) is 0. The van der Waals surface area contributed by atoms with Crippen molar-refractivity contribution >= 4 is 45.5 Å². The number of nitrogens with one attached hydrogen (secondary N) is 1. The Balaban J connectivity index is 1.53. The number of benzene rings is 1.